The first-order valence-electron chi connectivity index (χ1n) is 6.12. The summed E-state index contributed by atoms with van der Waals surface area (Å²) in [7, 11) is 0. The van der Waals surface area contributed by atoms with Crippen molar-refractivity contribution in [2.45, 2.75) is 71.5 Å². The normalized spacial score (nSPS) is 47.1. The molecule has 1 saturated heterocycles. The van der Waals surface area contributed by atoms with Crippen LogP contribution < -0.4 is 0 Å². The van der Waals surface area contributed by atoms with E-state index in [1.807, 2.05) is 0 Å². The van der Waals surface area contributed by atoms with E-state index in [9.17, 15) is 0 Å². The number of rotatable bonds is 0. The van der Waals surface area contributed by atoms with E-state index >= 15 is 0 Å². The Balaban J connectivity index is 2.21. The molecule has 0 unspecified atom stereocenters. The molecule has 1 nitrogen and oxygen atoms in total. The molecule has 0 amide bonds. The molecule has 0 aromatic rings. The fourth-order valence-electron chi connectivity index (χ4n) is 3.83. The van der Waals surface area contributed by atoms with Crippen LogP contribution in [-0.4, -0.2) is 11.7 Å². The van der Waals surface area contributed by atoms with Crippen LogP contribution in [0.3, 0.4) is 0 Å². The summed E-state index contributed by atoms with van der Waals surface area (Å²) < 4.78 is 6.21. The van der Waals surface area contributed by atoms with Crippen molar-refractivity contribution in [3.8, 4) is 0 Å². The Labute approximate surface area is 88.2 Å². The number of ether oxygens (including phenoxy) is 1. The summed E-state index contributed by atoms with van der Waals surface area (Å²) in [6, 6.07) is 0. The highest BCUT2D eigenvalue weighted by Crippen LogP contribution is 2.52. The third-order valence-corrected chi connectivity index (χ3v) is 4.51. The summed E-state index contributed by atoms with van der Waals surface area (Å²) in [6.45, 7) is 9.42. The van der Waals surface area contributed by atoms with Gasteiger partial charge in [0.15, 0.2) is 0 Å². The Morgan fingerprint density at radius 2 is 1.79 bits per heavy atom. The molecule has 1 aliphatic heterocycles. The van der Waals surface area contributed by atoms with Gasteiger partial charge in [-0.15, -0.1) is 0 Å². The van der Waals surface area contributed by atoms with E-state index in [-0.39, 0.29) is 5.60 Å². The first kappa shape index (κ1) is 10.5. The molecule has 2 fully saturated rings. The van der Waals surface area contributed by atoms with Gasteiger partial charge < -0.3 is 4.74 Å². The zero-order valence-corrected chi connectivity index (χ0v) is 10.1. The van der Waals surface area contributed by atoms with Crippen LogP contribution in [0.4, 0.5) is 0 Å². The number of hydrogen-bond donors (Lipinski definition) is 0. The van der Waals surface area contributed by atoms with Gasteiger partial charge in [0.05, 0.1) is 11.7 Å². The van der Waals surface area contributed by atoms with E-state index < -0.39 is 0 Å². The van der Waals surface area contributed by atoms with Crippen LogP contribution in [0.15, 0.2) is 0 Å². The molecule has 1 heterocycles. The van der Waals surface area contributed by atoms with Crippen LogP contribution in [0.25, 0.3) is 0 Å². The van der Waals surface area contributed by atoms with Gasteiger partial charge in [-0.3, -0.25) is 0 Å². The molecule has 82 valence electrons. The molecule has 0 spiro atoms. The van der Waals surface area contributed by atoms with E-state index in [1.54, 1.807) is 0 Å². The van der Waals surface area contributed by atoms with Crippen molar-refractivity contribution in [3.05, 3.63) is 0 Å². The molecule has 0 aromatic carbocycles. The Hall–Kier alpha value is -0.0400. The minimum atomic E-state index is 0.180. The summed E-state index contributed by atoms with van der Waals surface area (Å²) in [5.41, 5.74) is 0.673. The van der Waals surface area contributed by atoms with Gasteiger partial charge in [0, 0.05) is 0 Å². The first-order valence-corrected chi connectivity index (χ1v) is 6.12. The standard InChI is InChI=1S/C13H24O/c1-10-6-7-11-12(2,3)8-5-9-13(11,4)14-10/h10-11H,5-9H2,1-4H3/t10-,11+,13-/m1/s1. The van der Waals surface area contributed by atoms with Crippen LogP contribution in [0.5, 0.6) is 0 Å². The van der Waals surface area contributed by atoms with Gasteiger partial charge in [-0.1, -0.05) is 20.3 Å². The average molecular weight is 196 g/mol. The monoisotopic (exact) mass is 196 g/mol. The highest BCUT2D eigenvalue weighted by atomic mass is 16.5. The van der Waals surface area contributed by atoms with Crippen LogP contribution in [-0.2, 0) is 4.74 Å². The summed E-state index contributed by atoms with van der Waals surface area (Å²) in [5.74, 6) is 0.778. The summed E-state index contributed by atoms with van der Waals surface area (Å²) in [4.78, 5) is 0. The SMILES string of the molecule is C[C@@H]1CC[C@H]2C(C)(C)CCC[C@@]2(C)O1. The lowest BCUT2D eigenvalue weighted by Crippen LogP contribution is -2.53. The van der Waals surface area contributed by atoms with Gasteiger partial charge >= 0.3 is 0 Å². The van der Waals surface area contributed by atoms with E-state index in [1.165, 1.54) is 32.1 Å². The van der Waals surface area contributed by atoms with E-state index in [4.69, 9.17) is 4.74 Å². The molecule has 0 bridgehead atoms. The summed E-state index contributed by atoms with van der Waals surface area (Å²) in [6.07, 6.45) is 7.09. The largest absolute Gasteiger partial charge is 0.372 e. The molecule has 1 aliphatic carbocycles. The lowest BCUT2D eigenvalue weighted by Gasteiger charge is -2.54. The lowest BCUT2D eigenvalue weighted by molar-refractivity contribution is -0.193. The van der Waals surface area contributed by atoms with Crippen molar-refractivity contribution >= 4 is 0 Å². The molecule has 1 heteroatoms. The third kappa shape index (κ3) is 1.60. The number of hydrogen-bond acceptors (Lipinski definition) is 1. The second-order valence-electron chi connectivity index (χ2n) is 6.21. The van der Waals surface area contributed by atoms with Crippen LogP contribution in [0, 0.1) is 11.3 Å². The molecule has 1 saturated carbocycles. The highest BCUT2D eigenvalue weighted by molar-refractivity contribution is 4.99. The van der Waals surface area contributed by atoms with E-state index in [0.29, 0.717) is 11.5 Å². The third-order valence-electron chi connectivity index (χ3n) is 4.51. The maximum absolute atomic E-state index is 6.21. The van der Waals surface area contributed by atoms with Crippen molar-refractivity contribution in [2.24, 2.45) is 11.3 Å². The lowest BCUT2D eigenvalue weighted by atomic mass is 9.59. The molecular formula is C13H24O. The Kier molecular flexibility index (Phi) is 2.42. The molecule has 2 rings (SSSR count). The van der Waals surface area contributed by atoms with Crippen molar-refractivity contribution in [1.29, 1.82) is 0 Å². The predicted molar refractivity (Wildman–Crippen MR) is 59.3 cm³/mol. The van der Waals surface area contributed by atoms with Gasteiger partial charge in [-0.05, 0) is 50.9 Å². The summed E-state index contributed by atoms with van der Waals surface area (Å²) in [5, 5.41) is 0. The second kappa shape index (κ2) is 3.23. The average Bonchev–Trinajstić information content (AvgIpc) is 2.00. The van der Waals surface area contributed by atoms with Crippen LogP contribution in [0.1, 0.15) is 59.8 Å². The van der Waals surface area contributed by atoms with Gasteiger partial charge in [-0.25, -0.2) is 0 Å². The van der Waals surface area contributed by atoms with Crippen LogP contribution in [0.2, 0.25) is 0 Å². The first-order chi connectivity index (χ1) is 6.44. The minimum absolute atomic E-state index is 0.180. The number of fused-ring (bicyclic) bond motifs is 1. The molecule has 0 aromatic heterocycles. The topological polar surface area (TPSA) is 9.23 Å². The maximum atomic E-state index is 6.21. The van der Waals surface area contributed by atoms with Gasteiger partial charge in [-0.2, -0.15) is 0 Å². The quantitative estimate of drug-likeness (QED) is 0.573. The van der Waals surface area contributed by atoms with Gasteiger partial charge in [0.25, 0.3) is 0 Å². The fourth-order valence-corrected chi connectivity index (χ4v) is 3.83. The molecule has 0 N–H and O–H groups in total. The Bertz CT molecular complexity index is 221. The maximum Gasteiger partial charge on any atom is 0.0691 e. The van der Waals surface area contributed by atoms with Gasteiger partial charge in [0.2, 0.25) is 0 Å². The van der Waals surface area contributed by atoms with Crippen molar-refractivity contribution < 1.29 is 4.74 Å². The predicted octanol–water partition coefficient (Wildman–Crippen LogP) is 3.77. The van der Waals surface area contributed by atoms with E-state index in [2.05, 4.69) is 27.7 Å². The smallest absolute Gasteiger partial charge is 0.0691 e. The Morgan fingerprint density at radius 1 is 1.07 bits per heavy atom. The molecule has 0 radical (unpaired) electrons. The second-order valence-corrected chi connectivity index (χ2v) is 6.21. The summed E-state index contributed by atoms with van der Waals surface area (Å²) >= 11 is 0. The zero-order valence-electron chi connectivity index (χ0n) is 10.1. The molecule has 3 atom stereocenters. The van der Waals surface area contributed by atoms with Crippen molar-refractivity contribution in [2.75, 3.05) is 0 Å². The van der Waals surface area contributed by atoms with E-state index in [0.717, 1.165) is 5.92 Å². The van der Waals surface area contributed by atoms with Crippen LogP contribution >= 0.6 is 0 Å². The fraction of sp³-hybridized carbons (Fsp3) is 1.00. The Morgan fingerprint density at radius 3 is 2.50 bits per heavy atom. The zero-order chi connectivity index (χ0) is 10.4. The minimum Gasteiger partial charge on any atom is -0.372 e. The van der Waals surface area contributed by atoms with Gasteiger partial charge in [0.1, 0.15) is 0 Å². The highest BCUT2D eigenvalue weighted by Gasteiger charge is 2.49. The van der Waals surface area contributed by atoms with Crippen molar-refractivity contribution in [3.63, 3.8) is 0 Å². The molecular weight excluding hydrogens is 172 g/mol. The molecule has 14 heavy (non-hydrogen) atoms. The molecule has 2 aliphatic rings. The van der Waals surface area contributed by atoms with Crippen molar-refractivity contribution in [1.82, 2.24) is 0 Å².